The van der Waals surface area contributed by atoms with Crippen molar-refractivity contribution in [1.82, 2.24) is 5.32 Å². The van der Waals surface area contributed by atoms with Crippen LogP contribution in [0.5, 0.6) is 5.75 Å². The number of ether oxygens (including phenoxy) is 1. The number of hydrogen-bond acceptors (Lipinski definition) is 2. The number of amides is 1. The highest BCUT2D eigenvalue weighted by Crippen LogP contribution is 2.22. The van der Waals surface area contributed by atoms with Crippen LogP contribution in [0, 0.1) is 0 Å². The lowest BCUT2D eigenvalue weighted by atomic mass is 9.98. The summed E-state index contributed by atoms with van der Waals surface area (Å²) in [4.78, 5) is 12.6. The van der Waals surface area contributed by atoms with E-state index >= 15 is 0 Å². The number of nitrogens with one attached hydrogen (secondary N) is 1. The van der Waals surface area contributed by atoms with E-state index in [4.69, 9.17) is 4.74 Å². The fourth-order valence-corrected chi connectivity index (χ4v) is 2.83. The second-order valence-corrected chi connectivity index (χ2v) is 5.85. The van der Waals surface area contributed by atoms with Crippen molar-refractivity contribution in [3.63, 3.8) is 0 Å². The van der Waals surface area contributed by atoms with Crippen LogP contribution < -0.4 is 10.1 Å². The number of methoxy groups -OCH3 is 1. The Kier molecular flexibility index (Phi) is 5.47. The largest absolute Gasteiger partial charge is 0.497 e. The Balaban J connectivity index is 1.79. The fraction of sp³-hybridized carbons (Fsp3) is 0.136. The molecule has 0 aromatic heterocycles. The average Bonchev–Trinajstić information content (AvgIpc) is 2.67. The molecule has 3 nitrogen and oxygen atoms in total. The van der Waals surface area contributed by atoms with Gasteiger partial charge in [-0.05, 0) is 28.8 Å². The first kappa shape index (κ1) is 16.8. The molecule has 1 N–H and O–H groups in total. The molecule has 1 amide bonds. The highest BCUT2D eigenvalue weighted by atomic mass is 16.5. The van der Waals surface area contributed by atoms with Crippen LogP contribution >= 0.6 is 0 Å². The highest BCUT2D eigenvalue weighted by molar-refractivity contribution is 5.79. The molecule has 0 radical (unpaired) electrons. The van der Waals surface area contributed by atoms with Gasteiger partial charge in [-0.15, -0.1) is 0 Å². The van der Waals surface area contributed by atoms with Crippen molar-refractivity contribution in [1.29, 1.82) is 0 Å². The predicted octanol–water partition coefficient (Wildman–Crippen LogP) is 4.14. The molecular weight excluding hydrogens is 310 g/mol. The van der Waals surface area contributed by atoms with E-state index in [-0.39, 0.29) is 11.9 Å². The van der Waals surface area contributed by atoms with E-state index in [1.165, 1.54) is 0 Å². The van der Waals surface area contributed by atoms with Gasteiger partial charge in [-0.2, -0.15) is 0 Å². The maximum absolute atomic E-state index is 12.6. The van der Waals surface area contributed by atoms with Gasteiger partial charge in [-0.25, -0.2) is 0 Å². The molecule has 0 aliphatic carbocycles. The third-order valence-electron chi connectivity index (χ3n) is 4.07. The molecule has 0 aliphatic heterocycles. The molecule has 0 heterocycles. The summed E-state index contributed by atoms with van der Waals surface area (Å²) in [7, 11) is 1.63. The lowest BCUT2D eigenvalue weighted by Gasteiger charge is -2.20. The lowest BCUT2D eigenvalue weighted by molar-refractivity contribution is -0.120. The van der Waals surface area contributed by atoms with Gasteiger partial charge in [0.2, 0.25) is 5.91 Å². The van der Waals surface area contributed by atoms with Gasteiger partial charge in [0.05, 0.1) is 19.6 Å². The van der Waals surface area contributed by atoms with Gasteiger partial charge in [0.1, 0.15) is 5.75 Å². The molecule has 3 aromatic carbocycles. The third kappa shape index (κ3) is 4.48. The van der Waals surface area contributed by atoms with E-state index in [9.17, 15) is 4.79 Å². The normalized spacial score (nSPS) is 10.5. The monoisotopic (exact) mass is 331 g/mol. The topological polar surface area (TPSA) is 38.3 Å². The first-order valence-electron chi connectivity index (χ1n) is 8.28. The molecule has 0 saturated heterocycles. The molecule has 0 aliphatic rings. The van der Waals surface area contributed by atoms with Crippen LogP contribution in [0.3, 0.4) is 0 Å². The van der Waals surface area contributed by atoms with Crippen LogP contribution in [0.4, 0.5) is 0 Å². The number of carbonyl (C=O) groups is 1. The summed E-state index contributed by atoms with van der Waals surface area (Å²) in [6, 6.07) is 27.4. The molecule has 0 unspecified atom stereocenters. The SMILES string of the molecule is COc1cccc(CC(=O)NC(c2ccccc2)c2ccccc2)c1. The quantitative estimate of drug-likeness (QED) is 0.737. The van der Waals surface area contributed by atoms with E-state index in [1.807, 2.05) is 84.9 Å². The van der Waals surface area contributed by atoms with Crippen LogP contribution in [0.15, 0.2) is 84.9 Å². The molecule has 0 atom stereocenters. The summed E-state index contributed by atoms with van der Waals surface area (Å²) in [5, 5.41) is 3.16. The summed E-state index contributed by atoms with van der Waals surface area (Å²) in [5.41, 5.74) is 3.05. The molecule has 0 fully saturated rings. The van der Waals surface area contributed by atoms with E-state index < -0.39 is 0 Å². The molecule has 3 heteroatoms. The van der Waals surface area contributed by atoms with Crippen molar-refractivity contribution in [3.05, 3.63) is 102 Å². The van der Waals surface area contributed by atoms with Gasteiger partial charge in [-0.1, -0.05) is 72.8 Å². The molecule has 25 heavy (non-hydrogen) atoms. The Morgan fingerprint density at radius 2 is 1.48 bits per heavy atom. The standard InChI is InChI=1S/C22H21NO2/c1-25-20-14-8-9-17(15-20)16-21(24)23-22(18-10-4-2-5-11-18)19-12-6-3-7-13-19/h2-15,22H,16H2,1H3,(H,23,24). The second-order valence-electron chi connectivity index (χ2n) is 5.85. The second kappa shape index (κ2) is 8.15. The summed E-state index contributed by atoms with van der Waals surface area (Å²) in [5.74, 6) is 0.735. The maximum atomic E-state index is 12.6. The van der Waals surface area contributed by atoms with Crippen LogP contribution in [0.1, 0.15) is 22.7 Å². The molecule has 0 saturated carbocycles. The fourth-order valence-electron chi connectivity index (χ4n) is 2.83. The first-order valence-corrected chi connectivity index (χ1v) is 8.28. The highest BCUT2D eigenvalue weighted by Gasteiger charge is 2.16. The van der Waals surface area contributed by atoms with Crippen molar-refractivity contribution in [2.24, 2.45) is 0 Å². The van der Waals surface area contributed by atoms with Gasteiger partial charge < -0.3 is 10.1 Å². The average molecular weight is 331 g/mol. The first-order chi connectivity index (χ1) is 12.3. The third-order valence-corrected chi connectivity index (χ3v) is 4.07. The van der Waals surface area contributed by atoms with Gasteiger partial charge in [0.15, 0.2) is 0 Å². The smallest absolute Gasteiger partial charge is 0.225 e. The Hall–Kier alpha value is -3.07. The van der Waals surface area contributed by atoms with Crippen LogP contribution in [-0.2, 0) is 11.2 Å². The van der Waals surface area contributed by atoms with Gasteiger partial charge in [-0.3, -0.25) is 4.79 Å². The Bertz CT molecular complexity index is 776. The summed E-state index contributed by atoms with van der Waals surface area (Å²) < 4.78 is 5.22. The maximum Gasteiger partial charge on any atom is 0.225 e. The molecular formula is C22H21NO2. The number of carbonyl (C=O) groups excluding carboxylic acids is 1. The van der Waals surface area contributed by atoms with Crippen LogP contribution in [0.25, 0.3) is 0 Å². The van der Waals surface area contributed by atoms with E-state index in [2.05, 4.69) is 5.32 Å². The number of rotatable bonds is 6. The minimum atomic E-state index is -0.166. The predicted molar refractivity (Wildman–Crippen MR) is 99.6 cm³/mol. The van der Waals surface area contributed by atoms with Gasteiger partial charge >= 0.3 is 0 Å². The minimum Gasteiger partial charge on any atom is -0.497 e. The van der Waals surface area contributed by atoms with Crippen molar-refractivity contribution < 1.29 is 9.53 Å². The Morgan fingerprint density at radius 1 is 0.880 bits per heavy atom. The number of benzene rings is 3. The zero-order chi connectivity index (χ0) is 17.5. The lowest BCUT2D eigenvalue weighted by Crippen LogP contribution is -2.30. The summed E-state index contributed by atoms with van der Waals surface area (Å²) in [6.07, 6.45) is 0.313. The molecule has 3 rings (SSSR count). The summed E-state index contributed by atoms with van der Waals surface area (Å²) >= 11 is 0. The Labute approximate surface area is 148 Å². The molecule has 0 bridgehead atoms. The van der Waals surface area contributed by atoms with Crippen molar-refractivity contribution in [2.75, 3.05) is 7.11 Å². The Morgan fingerprint density at radius 3 is 2.04 bits per heavy atom. The number of hydrogen-bond donors (Lipinski definition) is 1. The van der Waals surface area contributed by atoms with Gasteiger partial charge in [0.25, 0.3) is 0 Å². The van der Waals surface area contributed by atoms with Crippen molar-refractivity contribution in [2.45, 2.75) is 12.5 Å². The zero-order valence-electron chi connectivity index (χ0n) is 14.2. The van der Waals surface area contributed by atoms with Crippen molar-refractivity contribution in [3.8, 4) is 5.75 Å². The van der Waals surface area contributed by atoms with Crippen LogP contribution in [-0.4, -0.2) is 13.0 Å². The van der Waals surface area contributed by atoms with E-state index in [0.29, 0.717) is 6.42 Å². The van der Waals surface area contributed by atoms with E-state index in [1.54, 1.807) is 7.11 Å². The molecule has 3 aromatic rings. The van der Waals surface area contributed by atoms with Crippen LogP contribution in [0.2, 0.25) is 0 Å². The van der Waals surface area contributed by atoms with E-state index in [0.717, 1.165) is 22.4 Å². The summed E-state index contributed by atoms with van der Waals surface area (Å²) in [6.45, 7) is 0. The van der Waals surface area contributed by atoms with Gasteiger partial charge in [0, 0.05) is 0 Å². The molecule has 0 spiro atoms. The van der Waals surface area contributed by atoms with Crippen molar-refractivity contribution >= 4 is 5.91 Å². The minimum absolute atomic E-state index is 0.0223. The molecule has 126 valence electrons. The zero-order valence-corrected chi connectivity index (χ0v) is 14.2.